The Hall–Kier alpha value is 0. The van der Waals surface area contributed by atoms with Crippen LogP contribution in [-0.2, 0) is 0 Å². The van der Waals surface area contributed by atoms with E-state index in [2.05, 4.69) is 90.0 Å². The molecule has 0 saturated heterocycles. The highest BCUT2D eigenvalue weighted by atomic mass is 13.9. The van der Waals surface area contributed by atoms with Gasteiger partial charge in [0.15, 0.2) is 0 Å². The fourth-order valence-corrected chi connectivity index (χ4v) is 1.71. The van der Waals surface area contributed by atoms with Crippen molar-refractivity contribution in [2.75, 3.05) is 0 Å². The lowest BCUT2D eigenvalue weighted by Gasteiger charge is -1.93. The first-order chi connectivity index (χ1) is 14.8. The van der Waals surface area contributed by atoms with Crippen molar-refractivity contribution < 1.29 is 0 Å². The molecule has 0 saturated carbocycles. The van der Waals surface area contributed by atoms with Crippen molar-refractivity contribution in [2.24, 2.45) is 5.92 Å². The molecule has 0 N–H and O–H groups in total. The van der Waals surface area contributed by atoms with Crippen LogP contribution in [0.25, 0.3) is 0 Å². The quantitative estimate of drug-likeness (QED) is 0.261. The zero-order valence-corrected chi connectivity index (χ0v) is 25.6. The third kappa shape index (κ3) is 139. The topological polar surface area (TPSA) is 0 Å². The van der Waals surface area contributed by atoms with E-state index in [0.29, 0.717) is 0 Å². The predicted molar refractivity (Wildman–Crippen MR) is 156 cm³/mol. The SMILES string of the molecule is CCC.CCC(C)C.CCCC.CCCCC.CCCCCC.CCCCCCCC. The molecule has 0 aliphatic carbocycles. The van der Waals surface area contributed by atoms with Crippen LogP contribution in [0.4, 0.5) is 0 Å². The van der Waals surface area contributed by atoms with Gasteiger partial charge in [0.2, 0.25) is 0 Å². The van der Waals surface area contributed by atoms with E-state index >= 15 is 0 Å². The van der Waals surface area contributed by atoms with E-state index in [4.69, 9.17) is 0 Å². The number of hydrogen-bond acceptors (Lipinski definition) is 0. The lowest BCUT2D eigenvalue weighted by atomic mass is 10.1. The van der Waals surface area contributed by atoms with Crippen LogP contribution in [0.15, 0.2) is 0 Å². The second kappa shape index (κ2) is 63.1. The molecule has 0 bridgehead atoms. The molecule has 0 rings (SSSR count). The molecule has 0 aliphatic rings. The summed E-state index contributed by atoms with van der Waals surface area (Å²) in [7, 11) is 0. The molecule has 0 aromatic rings. The molecule has 0 fully saturated rings. The number of hydrogen-bond donors (Lipinski definition) is 0. The van der Waals surface area contributed by atoms with Crippen LogP contribution >= 0.6 is 0 Å². The van der Waals surface area contributed by atoms with Crippen molar-refractivity contribution in [3.8, 4) is 0 Å². The average molecular weight is 447 g/mol. The van der Waals surface area contributed by atoms with Gasteiger partial charge in [-0.15, -0.1) is 0 Å². The first-order valence-corrected chi connectivity index (χ1v) is 14.8. The lowest BCUT2D eigenvalue weighted by Crippen LogP contribution is -1.77. The van der Waals surface area contributed by atoms with E-state index in [9.17, 15) is 0 Å². The van der Waals surface area contributed by atoms with E-state index in [-0.39, 0.29) is 0 Å². The molecule has 0 aromatic carbocycles. The predicted octanol–water partition coefficient (Wildman–Crippen LogP) is 13.4. The van der Waals surface area contributed by atoms with Gasteiger partial charge in [0.25, 0.3) is 0 Å². The Bertz CT molecular complexity index is 157. The highest BCUT2D eigenvalue weighted by Gasteiger charge is 1.83. The van der Waals surface area contributed by atoms with Gasteiger partial charge in [-0.1, -0.05) is 199 Å². The molecule has 0 nitrogen and oxygen atoms in total. The third-order valence-electron chi connectivity index (χ3n) is 4.44. The van der Waals surface area contributed by atoms with Crippen LogP contribution in [0.3, 0.4) is 0 Å². The highest BCUT2D eigenvalue weighted by Crippen LogP contribution is 2.03. The van der Waals surface area contributed by atoms with Crippen molar-refractivity contribution in [2.45, 2.75) is 199 Å². The van der Waals surface area contributed by atoms with Crippen LogP contribution < -0.4 is 0 Å². The molecule has 0 atom stereocenters. The minimum Gasteiger partial charge on any atom is -0.0656 e. The maximum Gasteiger partial charge on any atom is -0.0474 e. The third-order valence-corrected chi connectivity index (χ3v) is 4.44. The van der Waals surface area contributed by atoms with Gasteiger partial charge in [0, 0.05) is 0 Å². The van der Waals surface area contributed by atoms with Gasteiger partial charge < -0.3 is 0 Å². The molecule has 198 valence electrons. The van der Waals surface area contributed by atoms with Crippen molar-refractivity contribution >= 4 is 0 Å². The second-order valence-electron chi connectivity index (χ2n) is 8.98. The van der Waals surface area contributed by atoms with E-state index in [0.717, 1.165) is 5.92 Å². The fourth-order valence-electron chi connectivity index (χ4n) is 1.71. The van der Waals surface area contributed by atoms with Gasteiger partial charge in [0.1, 0.15) is 0 Å². The standard InChI is InChI=1S/C8H18.C6H14.2C5H12.C4H10.C3H8/c1-3-5-7-8-6-4-2;1-3-5-6-4-2;1-4-5(2)3;1-3-5-4-2;1-3-4-2;1-3-2/h3-8H2,1-2H3;3-6H2,1-2H3;5H,4H2,1-3H3;3-5H2,1-2H3;3-4H2,1-2H3;3H2,1-2H3. The lowest BCUT2D eigenvalue weighted by molar-refractivity contribution is 0.624. The largest absolute Gasteiger partial charge is 0.0656 e. The van der Waals surface area contributed by atoms with Gasteiger partial charge in [-0.25, -0.2) is 0 Å². The van der Waals surface area contributed by atoms with Crippen LogP contribution in [0.1, 0.15) is 199 Å². The van der Waals surface area contributed by atoms with E-state index in [1.165, 1.54) is 109 Å². The number of unbranched alkanes of at least 4 members (excludes halogenated alkanes) is 11. The molecule has 0 aliphatic heterocycles. The van der Waals surface area contributed by atoms with Crippen LogP contribution in [-0.4, -0.2) is 0 Å². The first kappa shape index (κ1) is 44.6. The zero-order chi connectivity index (χ0) is 25.6. The van der Waals surface area contributed by atoms with Gasteiger partial charge >= 0.3 is 0 Å². The zero-order valence-electron chi connectivity index (χ0n) is 25.6. The summed E-state index contributed by atoms with van der Waals surface area (Å²) in [5.41, 5.74) is 0. The van der Waals surface area contributed by atoms with Gasteiger partial charge in [0.05, 0.1) is 0 Å². The Balaban J connectivity index is -0.0000000622. The molecule has 0 aromatic heterocycles. The Labute approximate surface area is 205 Å². The fraction of sp³-hybridized carbons (Fsp3) is 1.00. The molecule has 0 amide bonds. The first-order valence-electron chi connectivity index (χ1n) is 14.8. The molecule has 0 heteroatoms. The smallest absolute Gasteiger partial charge is 0.0474 e. The highest BCUT2D eigenvalue weighted by molar-refractivity contribution is 4.39. The summed E-state index contributed by atoms with van der Waals surface area (Å²) < 4.78 is 0. The van der Waals surface area contributed by atoms with E-state index in [1.54, 1.807) is 0 Å². The molecule has 0 radical (unpaired) electrons. The Kier molecular flexibility index (Phi) is 90.8. The van der Waals surface area contributed by atoms with Gasteiger partial charge in [-0.05, 0) is 5.92 Å². The molecular weight excluding hydrogens is 372 g/mol. The molecule has 0 heterocycles. The minimum absolute atomic E-state index is 0.884. The van der Waals surface area contributed by atoms with Gasteiger partial charge in [-0.3, -0.25) is 0 Å². The van der Waals surface area contributed by atoms with Gasteiger partial charge in [-0.2, -0.15) is 0 Å². The van der Waals surface area contributed by atoms with Crippen molar-refractivity contribution in [1.29, 1.82) is 0 Å². The normalized spacial score (nSPS) is 8.71. The molecular formula is C31H74. The Morgan fingerprint density at radius 1 is 0.323 bits per heavy atom. The average Bonchev–Trinajstić information content (AvgIpc) is 2.78. The molecule has 0 spiro atoms. The second-order valence-corrected chi connectivity index (χ2v) is 8.98. The maximum atomic E-state index is 2.26. The van der Waals surface area contributed by atoms with Crippen molar-refractivity contribution in [3.63, 3.8) is 0 Å². The van der Waals surface area contributed by atoms with Crippen LogP contribution in [0.5, 0.6) is 0 Å². The number of rotatable bonds is 12. The summed E-state index contributed by atoms with van der Waals surface area (Å²) >= 11 is 0. The summed E-state index contributed by atoms with van der Waals surface area (Å²) in [4.78, 5) is 0. The molecule has 0 unspecified atom stereocenters. The van der Waals surface area contributed by atoms with E-state index in [1.807, 2.05) is 0 Å². The maximum absolute atomic E-state index is 2.26. The van der Waals surface area contributed by atoms with Crippen molar-refractivity contribution in [3.05, 3.63) is 0 Å². The summed E-state index contributed by atoms with van der Waals surface area (Å²) in [5, 5.41) is 0. The Morgan fingerprint density at radius 2 is 0.516 bits per heavy atom. The summed E-state index contributed by atoms with van der Waals surface area (Å²) in [6.07, 6.45) is 23.3. The summed E-state index contributed by atoms with van der Waals surface area (Å²) in [6.45, 7) is 28.7. The summed E-state index contributed by atoms with van der Waals surface area (Å²) in [5.74, 6) is 0.884. The van der Waals surface area contributed by atoms with E-state index < -0.39 is 0 Å². The van der Waals surface area contributed by atoms with Crippen LogP contribution in [0, 0.1) is 5.92 Å². The Morgan fingerprint density at radius 3 is 0.613 bits per heavy atom. The summed E-state index contributed by atoms with van der Waals surface area (Å²) in [6, 6.07) is 0. The monoisotopic (exact) mass is 447 g/mol. The molecule has 31 heavy (non-hydrogen) atoms. The van der Waals surface area contributed by atoms with Crippen molar-refractivity contribution in [1.82, 2.24) is 0 Å². The van der Waals surface area contributed by atoms with Crippen LogP contribution in [0.2, 0.25) is 0 Å². The minimum atomic E-state index is 0.884.